The van der Waals surface area contributed by atoms with Crippen molar-refractivity contribution in [2.24, 2.45) is 5.10 Å². The Hall–Kier alpha value is -2.74. The van der Waals surface area contributed by atoms with E-state index < -0.39 is 4.92 Å². The molecule has 0 aliphatic rings. The molecule has 0 aromatic carbocycles. The normalized spacial score (nSPS) is 10.1. The van der Waals surface area contributed by atoms with Crippen LogP contribution in [-0.4, -0.2) is 17.0 Å². The first-order valence-corrected chi connectivity index (χ1v) is 5.65. The Morgan fingerprint density at radius 2 is 2.10 bits per heavy atom. The summed E-state index contributed by atoms with van der Waals surface area (Å²) < 4.78 is 6.52. The molecule has 0 bridgehead atoms. The van der Waals surface area contributed by atoms with E-state index in [-0.39, 0.29) is 36.5 Å². The van der Waals surface area contributed by atoms with Crippen LogP contribution in [0, 0.1) is 10.1 Å². The zero-order valence-corrected chi connectivity index (χ0v) is 11.4. The van der Waals surface area contributed by atoms with Crippen LogP contribution >= 0.6 is 0 Å². The minimum absolute atomic E-state index is 0. The van der Waals surface area contributed by atoms with Crippen molar-refractivity contribution < 1.29 is 31.1 Å². The monoisotopic (exact) mass is 310 g/mol. The van der Waals surface area contributed by atoms with Crippen LogP contribution in [0.1, 0.15) is 5.76 Å². The largest absolute Gasteiger partial charge is 1.00 e. The van der Waals surface area contributed by atoms with Crippen LogP contribution in [0.15, 0.2) is 52.2 Å². The first kappa shape index (κ1) is 16.3. The molecule has 110 valence electrons. The Kier molecular flexibility index (Phi) is 6.02. The van der Waals surface area contributed by atoms with Crippen molar-refractivity contribution in [2.45, 2.75) is 6.54 Å². The lowest BCUT2D eigenvalue weighted by Crippen LogP contribution is -3.00. The van der Waals surface area contributed by atoms with Crippen molar-refractivity contribution in [1.29, 1.82) is 0 Å². The maximum Gasteiger partial charge on any atom is 0.433 e. The van der Waals surface area contributed by atoms with Gasteiger partial charge in [-0.1, -0.05) is 6.07 Å². The lowest BCUT2D eigenvalue weighted by Gasteiger charge is -1.95. The van der Waals surface area contributed by atoms with E-state index in [2.05, 4.69) is 10.5 Å². The number of furan rings is 1. The van der Waals surface area contributed by atoms with E-state index in [0.29, 0.717) is 0 Å². The van der Waals surface area contributed by atoms with Crippen LogP contribution in [0.3, 0.4) is 0 Å². The molecule has 0 unspecified atom stereocenters. The molecule has 0 fully saturated rings. The summed E-state index contributed by atoms with van der Waals surface area (Å²) in [6.07, 6.45) is 4.69. The summed E-state index contributed by atoms with van der Waals surface area (Å²) in [6, 6.07) is 8.05. The van der Waals surface area contributed by atoms with Gasteiger partial charge in [-0.15, -0.1) is 0 Å². The van der Waals surface area contributed by atoms with E-state index in [0.717, 1.165) is 0 Å². The molecular formula is C12H11ClN4O4. The number of carbonyl (C=O) groups is 1. The maximum atomic E-state index is 11.5. The number of nitrogens with zero attached hydrogens (tertiary/aromatic N) is 3. The minimum Gasteiger partial charge on any atom is -1.00 e. The Morgan fingerprint density at radius 3 is 2.71 bits per heavy atom. The number of hydrazone groups is 1. The molecule has 1 N–H and O–H groups in total. The highest BCUT2D eigenvalue weighted by Crippen LogP contribution is 2.13. The predicted molar refractivity (Wildman–Crippen MR) is 67.7 cm³/mol. The molecule has 2 aromatic heterocycles. The average Bonchev–Trinajstić information content (AvgIpc) is 2.89. The third-order valence-corrected chi connectivity index (χ3v) is 2.28. The smallest absolute Gasteiger partial charge is 0.433 e. The fraction of sp³-hybridized carbons (Fsp3) is 0.0833. The second-order valence-electron chi connectivity index (χ2n) is 3.77. The highest BCUT2D eigenvalue weighted by molar-refractivity contribution is 5.79. The second kappa shape index (κ2) is 7.75. The van der Waals surface area contributed by atoms with Gasteiger partial charge in [0.2, 0.25) is 6.54 Å². The molecule has 0 spiro atoms. The van der Waals surface area contributed by atoms with Gasteiger partial charge in [-0.25, -0.2) is 5.43 Å². The van der Waals surface area contributed by atoms with E-state index in [9.17, 15) is 14.9 Å². The first-order valence-electron chi connectivity index (χ1n) is 5.65. The van der Waals surface area contributed by atoms with E-state index >= 15 is 0 Å². The Labute approximate surface area is 125 Å². The highest BCUT2D eigenvalue weighted by atomic mass is 35.5. The molecule has 2 heterocycles. The number of pyridine rings is 1. The molecule has 0 saturated carbocycles. The number of amides is 1. The van der Waals surface area contributed by atoms with E-state index in [1.165, 1.54) is 18.3 Å². The van der Waals surface area contributed by atoms with Crippen LogP contribution in [0.2, 0.25) is 0 Å². The number of nitrogens with one attached hydrogen (secondary N) is 1. The van der Waals surface area contributed by atoms with Crippen molar-refractivity contribution in [3.8, 4) is 0 Å². The van der Waals surface area contributed by atoms with Gasteiger partial charge >= 0.3 is 11.8 Å². The number of carbonyl (C=O) groups excluding carboxylic acids is 1. The van der Waals surface area contributed by atoms with Crippen LogP contribution in [0.4, 0.5) is 5.88 Å². The van der Waals surface area contributed by atoms with Gasteiger partial charge in [0, 0.05) is 12.1 Å². The Balaban J connectivity index is 0.00000220. The molecule has 0 aliphatic carbocycles. The highest BCUT2D eigenvalue weighted by Gasteiger charge is 2.10. The molecule has 21 heavy (non-hydrogen) atoms. The van der Waals surface area contributed by atoms with Crippen LogP contribution < -0.4 is 22.4 Å². The number of nitro groups is 1. The third kappa shape index (κ3) is 5.03. The van der Waals surface area contributed by atoms with Gasteiger partial charge in [-0.3, -0.25) is 14.9 Å². The molecule has 0 radical (unpaired) electrons. The lowest BCUT2D eigenvalue weighted by molar-refractivity contribution is -0.684. The number of aromatic nitrogens is 1. The number of halogens is 1. The van der Waals surface area contributed by atoms with Crippen LogP contribution in [0.5, 0.6) is 0 Å². The van der Waals surface area contributed by atoms with Crippen molar-refractivity contribution >= 4 is 18.0 Å². The van der Waals surface area contributed by atoms with Gasteiger partial charge in [0.05, 0.1) is 12.3 Å². The summed E-state index contributed by atoms with van der Waals surface area (Å²) in [5.74, 6) is -0.513. The summed E-state index contributed by atoms with van der Waals surface area (Å²) >= 11 is 0. The van der Waals surface area contributed by atoms with Gasteiger partial charge < -0.3 is 16.8 Å². The topological polar surface area (TPSA) is 102 Å². The molecular weight excluding hydrogens is 300 g/mol. The quantitative estimate of drug-likeness (QED) is 0.289. The molecule has 8 nitrogen and oxygen atoms in total. The molecule has 9 heteroatoms. The van der Waals surface area contributed by atoms with Gasteiger partial charge in [-0.05, 0) is 6.07 Å². The van der Waals surface area contributed by atoms with Crippen molar-refractivity contribution in [2.75, 3.05) is 0 Å². The summed E-state index contributed by atoms with van der Waals surface area (Å²) in [6.45, 7) is 0.122. The Bertz CT molecular complexity index is 642. The molecule has 0 atom stereocenters. The van der Waals surface area contributed by atoms with E-state index in [1.54, 1.807) is 29.1 Å². The summed E-state index contributed by atoms with van der Waals surface area (Å²) in [5, 5.41) is 14.1. The summed E-state index contributed by atoms with van der Waals surface area (Å²) in [5.41, 5.74) is 2.30. The Morgan fingerprint density at radius 1 is 1.38 bits per heavy atom. The van der Waals surface area contributed by atoms with Gasteiger partial charge in [0.1, 0.15) is 4.92 Å². The number of hydrogen-bond acceptors (Lipinski definition) is 5. The summed E-state index contributed by atoms with van der Waals surface area (Å²) in [4.78, 5) is 21.3. The molecule has 1 amide bonds. The van der Waals surface area contributed by atoms with Crippen LogP contribution in [-0.2, 0) is 11.3 Å². The maximum absolute atomic E-state index is 11.5. The zero-order chi connectivity index (χ0) is 14.4. The molecule has 0 aliphatic heterocycles. The fourth-order valence-corrected chi connectivity index (χ4v) is 1.42. The first-order chi connectivity index (χ1) is 9.65. The third-order valence-electron chi connectivity index (χ3n) is 2.28. The van der Waals surface area contributed by atoms with E-state index in [1.807, 2.05) is 6.07 Å². The average molecular weight is 311 g/mol. The number of rotatable bonds is 5. The predicted octanol–water partition coefficient (Wildman–Crippen LogP) is -2.37. The molecule has 2 rings (SSSR count). The SMILES string of the molecule is O=C(C[n+]1ccccc1)N/N=C\c1ccc([N+](=O)[O-])o1.[Cl-]. The van der Waals surface area contributed by atoms with Gasteiger partial charge in [-0.2, -0.15) is 9.67 Å². The van der Waals surface area contributed by atoms with Crippen molar-refractivity contribution in [3.05, 3.63) is 58.6 Å². The zero-order valence-electron chi connectivity index (χ0n) is 10.7. The summed E-state index contributed by atoms with van der Waals surface area (Å²) in [7, 11) is 0. The van der Waals surface area contributed by atoms with Crippen molar-refractivity contribution in [3.63, 3.8) is 0 Å². The molecule has 2 aromatic rings. The van der Waals surface area contributed by atoms with Gasteiger partial charge in [0.15, 0.2) is 18.2 Å². The molecule has 0 saturated heterocycles. The van der Waals surface area contributed by atoms with Crippen LogP contribution in [0.25, 0.3) is 0 Å². The second-order valence-corrected chi connectivity index (χ2v) is 3.77. The van der Waals surface area contributed by atoms with Crippen molar-refractivity contribution in [1.82, 2.24) is 5.43 Å². The van der Waals surface area contributed by atoms with E-state index in [4.69, 9.17) is 4.42 Å². The lowest BCUT2D eigenvalue weighted by atomic mass is 10.4. The standard InChI is InChI=1S/C12H10N4O4.ClH/c17-11(9-15-6-2-1-3-7-15)14-13-8-10-4-5-12(20-10)16(18)19;/h1-8H,9H2;1H/b13-8-;. The van der Waals surface area contributed by atoms with Gasteiger partial charge in [0.25, 0.3) is 0 Å². The number of hydrogen-bond donors (Lipinski definition) is 1. The minimum atomic E-state index is -0.651. The fourth-order valence-electron chi connectivity index (χ4n) is 1.42.